The fraction of sp³-hybridized carbons (Fsp3) is 0.333. The second kappa shape index (κ2) is 10.8. The molecule has 2 aromatic rings. The van der Waals surface area contributed by atoms with Crippen LogP contribution in [0.25, 0.3) is 0 Å². The highest BCUT2D eigenvalue weighted by molar-refractivity contribution is 5.94. The van der Waals surface area contributed by atoms with Crippen molar-refractivity contribution in [2.24, 2.45) is 4.99 Å². The smallest absolute Gasteiger partial charge is 0.251 e. The molecule has 0 saturated carbocycles. The number of nitrogens with one attached hydrogen (secondary N) is 3. The van der Waals surface area contributed by atoms with Gasteiger partial charge in [0, 0.05) is 37.5 Å². The molecule has 7 heteroatoms. The molecule has 150 valence electrons. The topological polar surface area (TPSA) is 84.0 Å². The summed E-state index contributed by atoms with van der Waals surface area (Å²) in [6.45, 7) is 5.59. The summed E-state index contributed by atoms with van der Waals surface area (Å²) in [6.07, 6.45) is 0. The number of benzene rings is 2. The van der Waals surface area contributed by atoms with E-state index in [4.69, 9.17) is 9.47 Å². The van der Waals surface area contributed by atoms with Gasteiger partial charge in [-0.3, -0.25) is 9.79 Å². The van der Waals surface area contributed by atoms with Crippen molar-refractivity contribution in [1.29, 1.82) is 0 Å². The van der Waals surface area contributed by atoms with E-state index in [9.17, 15) is 4.79 Å². The lowest BCUT2D eigenvalue weighted by molar-refractivity contribution is 0.0956. The van der Waals surface area contributed by atoms with Crippen LogP contribution >= 0.6 is 0 Å². The van der Waals surface area contributed by atoms with Gasteiger partial charge >= 0.3 is 0 Å². The Morgan fingerprint density at radius 3 is 2.39 bits per heavy atom. The zero-order valence-corrected chi connectivity index (χ0v) is 16.8. The van der Waals surface area contributed by atoms with E-state index in [0.29, 0.717) is 42.7 Å². The largest absolute Gasteiger partial charge is 0.493 e. The normalized spacial score (nSPS) is 10.9. The van der Waals surface area contributed by atoms with E-state index >= 15 is 0 Å². The molecule has 0 unspecified atom stereocenters. The van der Waals surface area contributed by atoms with Gasteiger partial charge in [0.1, 0.15) is 0 Å². The second-order valence-electron chi connectivity index (χ2n) is 5.91. The van der Waals surface area contributed by atoms with E-state index in [-0.39, 0.29) is 5.91 Å². The number of rotatable bonds is 8. The molecule has 0 aliphatic carbocycles. The third-order valence-electron chi connectivity index (χ3n) is 3.96. The fourth-order valence-electron chi connectivity index (χ4n) is 2.56. The Labute approximate surface area is 166 Å². The number of nitrogens with zero attached hydrogens (tertiary/aromatic N) is 1. The van der Waals surface area contributed by atoms with Crippen LogP contribution in [0.15, 0.2) is 47.5 Å². The number of methoxy groups -OCH3 is 1. The van der Waals surface area contributed by atoms with E-state index in [1.54, 1.807) is 14.2 Å². The summed E-state index contributed by atoms with van der Waals surface area (Å²) >= 11 is 0. The number of anilines is 1. The summed E-state index contributed by atoms with van der Waals surface area (Å²) in [7, 11) is 3.32. The average Bonchev–Trinajstić information content (AvgIpc) is 2.72. The Kier molecular flexibility index (Phi) is 8.14. The SMILES string of the molecule is CCNC(=O)c1ccc(CNC(=NC)Nc2ccc(OCC)c(OC)c2)cc1. The Hall–Kier alpha value is -3.22. The van der Waals surface area contributed by atoms with Crippen LogP contribution in [0, 0.1) is 0 Å². The number of guanidine groups is 1. The van der Waals surface area contributed by atoms with Crippen molar-refractivity contribution in [2.45, 2.75) is 20.4 Å². The van der Waals surface area contributed by atoms with E-state index < -0.39 is 0 Å². The van der Waals surface area contributed by atoms with Crippen LogP contribution in [0.3, 0.4) is 0 Å². The van der Waals surface area contributed by atoms with Gasteiger partial charge in [0.2, 0.25) is 0 Å². The van der Waals surface area contributed by atoms with E-state index in [1.807, 2.05) is 56.3 Å². The maximum Gasteiger partial charge on any atom is 0.251 e. The molecule has 3 N–H and O–H groups in total. The molecule has 0 aliphatic heterocycles. The molecule has 0 aromatic heterocycles. The van der Waals surface area contributed by atoms with Crippen LogP contribution < -0.4 is 25.4 Å². The van der Waals surface area contributed by atoms with Crippen molar-refractivity contribution < 1.29 is 14.3 Å². The summed E-state index contributed by atoms with van der Waals surface area (Å²) in [5, 5.41) is 9.27. The third kappa shape index (κ3) is 5.90. The minimum atomic E-state index is -0.0658. The minimum absolute atomic E-state index is 0.0658. The number of carbonyl (C=O) groups excluding carboxylic acids is 1. The molecule has 0 bridgehead atoms. The number of aliphatic imine (C=N–C) groups is 1. The van der Waals surface area contributed by atoms with E-state index in [0.717, 1.165) is 11.3 Å². The van der Waals surface area contributed by atoms with Crippen LogP contribution in [0.4, 0.5) is 5.69 Å². The molecule has 2 aromatic carbocycles. The van der Waals surface area contributed by atoms with Crippen LogP contribution in [0.2, 0.25) is 0 Å². The number of amides is 1. The van der Waals surface area contributed by atoms with Crippen LogP contribution in [-0.2, 0) is 6.54 Å². The Bertz CT molecular complexity index is 804. The van der Waals surface area contributed by atoms with Gasteiger partial charge in [-0.2, -0.15) is 0 Å². The lowest BCUT2D eigenvalue weighted by Crippen LogP contribution is -2.30. The van der Waals surface area contributed by atoms with E-state index in [1.165, 1.54) is 0 Å². The van der Waals surface area contributed by atoms with Gasteiger partial charge in [-0.25, -0.2) is 0 Å². The van der Waals surface area contributed by atoms with Crippen molar-refractivity contribution in [3.8, 4) is 11.5 Å². The van der Waals surface area contributed by atoms with Crippen molar-refractivity contribution in [2.75, 3.05) is 32.6 Å². The molecule has 28 heavy (non-hydrogen) atoms. The summed E-state index contributed by atoms with van der Waals surface area (Å²) in [4.78, 5) is 16.1. The quantitative estimate of drug-likeness (QED) is 0.481. The van der Waals surface area contributed by atoms with Gasteiger partial charge < -0.3 is 25.4 Å². The second-order valence-corrected chi connectivity index (χ2v) is 5.91. The number of hydrogen-bond donors (Lipinski definition) is 3. The highest BCUT2D eigenvalue weighted by Gasteiger charge is 2.07. The van der Waals surface area contributed by atoms with Gasteiger partial charge in [-0.1, -0.05) is 12.1 Å². The molecule has 7 nitrogen and oxygen atoms in total. The Morgan fingerprint density at radius 2 is 1.79 bits per heavy atom. The molecular weight excluding hydrogens is 356 g/mol. The molecule has 0 saturated heterocycles. The summed E-state index contributed by atoms with van der Waals surface area (Å²) < 4.78 is 10.9. The summed E-state index contributed by atoms with van der Waals surface area (Å²) in [6, 6.07) is 13.1. The van der Waals surface area contributed by atoms with Crippen molar-refractivity contribution in [3.63, 3.8) is 0 Å². The van der Waals surface area contributed by atoms with Crippen LogP contribution in [0.5, 0.6) is 11.5 Å². The zero-order valence-electron chi connectivity index (χ0n) is 16.8. The van der Waals surface area contributed by atoms with Gasteiger partial charge in [0.25, 0.3) is 5.91 Å². The van der Waals surface area contributed by atoms with Gasteiger partial charge in [0.05, 0.1) is 13.7 Å². The first-order valence-corrected chi connectivity index (χ1v) is 9.26. The molecule has 0 radical (unpaired) electrons. The summed E-state index contributed by atoms with van der Waals surface area (Å²) in [5.41, 5.74) is 2.52. The first-order valence-electron chi connectivity index (χ1n) is 9.26. The van der Waals surface area contributed by atoms with Crippen molar-refractivity contribution in [3.05, 3.63) is 53.6 Å². The highest BCUT2D eigenvalue weighted by atomic mass is 16.5. The van der Waals surface area contributed by atoms with Crippen LogP contribution in [0.1, 0.15) is 29.8 Å². The molecule has 0 fully saturated rings. The predicted molar refractivity (Wildman–Crippen MR) is 112 cm³/mol. The number of hydrogen-bond acceptors (Lipinski definition) is 4. The predicted octanol–water partition coefficient (Wildman–Crippen LogP) is 3.03. The van der Waals surface area contributed by atoms with Gasteiger partial charge in [-0.05, 0) is 43.7 Å². The lowest BCUT2D eigenvalue weighted by Gasteiger charge is -2.15. The zero-order chi connectivity index (χ0) is 20.4. The molecule has 2 rings (SSSR count). The van der Waals surface area contributed by atoms with Crippen molar-refractivity contribution in [1.82, 2.24) is 10.6 Å². The Balaban J connectivity index is 1.97. The first-order chi connectivity index (χ1) is 13.6. The molecule has 0 spiro atoms. The van der Waals surface area contributed by atoms with E-state index in [2.05, 4.69) is 20.9 Å². The number of ether oxygens (including phenoxy) is 2. The lowest BCUT2D eigenvalue weighted by atomic mass is 10.1. The summed E-state index contributed by atoms with van der Waals surface area (Å²) in [5.74, 6) is 1.91. The first kappa shape index (κ1) is 21.1. The average molecular weight is 384 g/mol. The molecule has 0 heterocycles. The third-order valence-corrected chi connectivity index (χ3v) is 3.96. The Morgan fingerprint density at radius 1 is 1.04 bits per heavy atom. The highest BCUT2D eigenvalue weighted by Crippen LogP contribution is 2.30. The molecule has 1 amide bonds. The molecular formula is C21H28N4O3. The molecule has 0 atom stereocenters. The molecule has 0 aliphatic rings. The monoisotopic (exact) mass is 384 g/mol. The standard InChI is InChI=1S/C21H28N4O3/c1-5-23-20(26)16-9-7-15(8-10-16)14-24-21(22-3)25-17-11-12-18(28-6-2)19(13-17)27-4/h7-13H,5-6,14H2,1-4H3,(H,23,26)(H2,22,24,25). The van der Waals surface area contributed by atoms with Gasteiger partial charge in [0.15, 0.2) is 17.5 Å². The van der Waals surface area contributed by atoms with Crippen LogP contribution in [-0.4, -0.2) is 39.2 Å². The maximum atomic E-state index is 11.8. The maximum absolute atomic E-state index is 11.8. The fourth-order valence-corrected chi connectivity index (χ4v) is 2.56. The number of carbonyl (C=O) groups is 1. The van der Waals surface area contributed by atoms with Crippen molar-refractivity contribution >= 4 is 17.6 Å². The van der Waals surface area contributed by atoms with Gasteiger partial charge in [-0.15, -0.1) is 0 Å². The minimum Gasteiger partial charge on any atom is -0.493 e.